The third-order valence-electron chi connectivity index (χ3n) is 4.33. The van der Waals surface area contributed by atoms with E-state index in [1.807, 2.05) is 6.07 Å². The largest absolute Gasteiger partial charge is 0.489 e. The maximum absolute atomic E-state index is 6.01. The topological polar surface area (TPSA) is 9.23 Å². The number of ether oxygens (including phenoxy) is 1. The van der Waals surface area contributed by atoms with Gasteiger partial charge in [-0.25, -0.2) is 0 Å². The zero-order valence-corrected chi connectivity index (χ0v) is 13.3. The standard InChI is InChI=1S/C22H19O/c1-15-7-6-10-18(11-15)21-14-19(17-8-4-3-5-9-17)13-20-12-16(2)23-22(20)21/h3-11,13-14,16H,2,12H2,1H3. The third-order valence-corrected chi connectivity index (χ3v) is 4.33. The number of rotatable bonds is 2. The molecule has 1 nitrogen and oxygen atoms in total. The van der Waals surface area contributed by atoms with Crippen molar-refractivity contribution in [1.82, 2.24) is 0 Å². The van der Waals surface area contributed by atoms with Crippen LogP contribution in [-0.2, 0) is 6.42 Å². The summed E-state index contributed by atoms with van der Waals surface area (Å²) in [6.07, 6.45) is 0.869. The molecule has 1 unspecified atom stereocenters. The van der Waals surface area contributed by atoms with Gasteiger partial charge in [-0.3, -0.25) is 0 Å². The molecular weight excluding hydrogens is 280 g/mol. The van der Waals surface area contributed by atoms with Crippen molar-refractivity contribution in [3.8, 4) is 28.0 Å². The van der Waals surface area contributed by atoms with Gasteiger partial charge in [-0.1, -0.05) is 60.2 Å². The lowest BCUT2D eigenvalue weighted by atomic mass is 9.94. The van der Waals surface area contributed by atoms with Gasteiger partial charge in [0.15, 0.2) is 0 Å². The molecule has 1 heterocycles. The Kier molecular flexibility index (Phi) is 3.42. The molecule has 0 N–H and O–H groups in total. The quantitative estimate of drug-likeness (QED) is 0.610. The first kappa shape index (κ1) is 14.1. The van der Waals surface area contributed by atoms with E-state index in [-0.39, 0.29) is 6.10 Å². The summed E-state index contributed by atoms with van der Waals surface area (Å²) in [5, 5.41) is 0. The van der Waals surface area contributed by atoms with Gasteiger partial charge in [0.2, 0.25) is 0 Å². The zero-order valence-electron chi connectivity index (χ0n) is 13.3. The Hall–Kier alpha value is -2.54. The minimum absolute atomic E-state index is 0.000387. The second-order valence-electron chi connectivity index (χ2n) is 6.19. The van der Waals surface area contributed by atoms with Crippen molar-refractivity contribution in [2.24, 2.45) is 0 Å². The van der Waals surface area contributed by atoms with E-state index >= 15 is 0 Å². The van der Waals surface area contributed by atoms with Crippen LogP contribution in [0.4, 0.5) is 0 Å². The summed E-state index contributed by atoms with van der Waals surface area (Å²) >= 11 is 0. The minimum atomic E-state index is -0.000387. The summed E-state index contributed by atoms with van der Waals surface area (Å²) in [4.78, 5) is 0. The maximum Gasteiger partial charge on any atom is 0.130 e. The molecule has 0 amide bonds. The van der Waals surface area contributed by atoms with E-state index in [4.69, 9.17) is 4.74 Å². The van der Waals surface area contributed by atoms with E-state index in [0.717, 1.165) is 17.7 Å². The van der Waals surface area contributed by atoms with Crippen molar-refractivity contribution < 1.29 is 4.74 Å². The fourth-order valence-electron chi connectivity index (χ4n) is 3.26. The zero-order chi connectivity index (χ0) is 15.8. The summed E-state index contributed by atoms with van der Waals surface area (Å²) in [6.45, 7) is 6.21. The minimum Gasteiger partial charge on any atom is -0.489 e. The average Bonchev–Trinajstić information content (AvgIpc) is 2.95. The summed E-state index contributed by atoms with van der Waals surface area (Å²) < 4.78 is 6.01. The Labute approximate surface area is 137 Å². The van der Waals surface area contributed by atoms with Crippen LogP contribution >= 0.6 is 0 Å². The van der Waals surface area contributed by atoms with Gasteiger partial charge < -0.3 is 4.74 Å². The molecule has 0 spiro atoms. The van der Waals surface area contributed by atoms with E-state index in [1.165, 1.54) is 27.8 Å². The van der Waals surface area contributed by atoms with Gasteiger partial charge in [0.1, 0.15) is 11.9 Å². The van der Waals surface area contributed by atoms with Crippen molar-refractivity contribution >= 4 is 0 Å². The Balaban J connectivity index is 1.92. The molecule has 0 saturated heterocycles. The van der Waals surface area contributed by atoms with E-state index < -0.39 is 0 Å². The van der Waals surface area contributed by atoms with Gasteiger partial charge in [0.25, 0.3) is 0 Å². The highest BCUT2D eigenvalue weighted by Gasteiger charge is 2.24. The van der Waals surface area contributed by atoms with Gasteiger partial charge >= 0.3 is 0 Å². The molecule has 0 fully saturated rings. The highest BCUT2D eigenvalue weighted by molar-refractivity contribution is 5.80. The van der Waals surface area contributed by atoms with Crippen LogP contribution in [0.3, 0.4) is 0 Å². The molecule has 4 rings (SSSR count). The normalized spacial score (nSPS) is 16.0. The third kappa shape index (κ3) is 2.63. The molecule has 3 aromatic carbocycles. The summed E-state index contributed by atoms with van der Waals surface area (Å²) in [5.41, 5.74) is 7.34. The first-order valence-corrected chi connectivity index (χ1v) is 8.00. The van der Waals surface area contributed by atoms with Crippen molar-refractivity contribution in [1.29, 1.82) is 0 Å². The molecule has 1 atom stereocenters. The van der Waals surface area contributed by atoms with Crippen LogP contribution < -0.4 is 4.74 Å². The molecule has 1 radical (unpaired) electrons. The fraction of sp³-hybridized carbons (Fsp3) is 0.136. The predicted molar refractivity (Wildman–Crippen MR) is 95.5 cm³/mol. The first-order valence-electron chi connectivity index (χ1n) is 8.00. The SMILES string of the molecule is [CH2]C1Cc2cc(-c3ccccc3)cc(-c3cccc(C)c3)c2O1. The van der Waals surface area contributed by atoms with Crippen molar-refractivity contribution in [2.75, 3.05) is 0 Å². The molecule has 113 valence electrons. The smallest absolute Gasteiger partial charge is 0.130 e. The predicted octanol–water partition coefficient (Wildman–Crippen LogP) is 5.47. The Morgan fingerprint density at radius 1 is 0.870 bits per heavy atom. The van der Waals surface area contributed by atoms with Crippen molar-refractivity contribution in [2.45, 2.75) is 19.4 Å². The van der Waals surface area contributed by atoms with Crippen LogP contribution in [0.15, 0.2) is 66.7 Å². The second kappa shape index (κ2) is 5.58. The molecule has 1 heteroatoms. The Morgan fingerprint density at radius 2 is 1.65 bits per heavy atom. The van der Waals surface area contributed by atoms with Gasteiger partial charge in [-0.2, -0.15) is 0 Å². The molecule has 3 aromatic rings. The average molecular weight is 299 g/mol. The van der Waals surface area contributed by atoms with Crippen LogP contribution in [0.5, 0.6) is 5.75 Å². The number of fused-ring (bicyclic) bond motifs is 1. The van der Waals surface area contributed by atoms with Crippen LogP contribution in [0.2, 0.25) is 0 Å². The Morgan fingerprint density at radius 3 is 2.43 bits per heavy atom. The van der Waals surface area contributed by atoms with Gasteiger partial charge in [-0.15, -0.1) is 0 Å². The van der Waals surface area contributed by atoms with Crippen molar-refractivity contribution in [3.05, 3.63) is 84.8 Å². The van der Waals surface area contributed by atoms with Crippen molar-refractivity contribution in [3.63, 3.8) is 0 Å². The van der Waals surface area contributed by atoms with Crippen LogP contribution in [0.1, 0.15) is 11.1 Å². The van der Waals surface area contributed by atoms with Gasteiger partial charge in [0, 0.05) is 12.0 Å². The van der Waals surface area contributed by atoms with Crippen LogP contribution in [0, 0.1) is 13.8 Å². The van der Waals surface area contributed by atoms with E-state index in [1.54, 1.807) is 0 Å². The summed E-state index contributed by atoms with van der Waals surface area (Å²) in [7, 11) is 0. The Bertz CT molecular complexity index is 849. The molecule has 1 aliphatic heterocycles. The second-order valence-corrected chi connectivity index (χ2v) is 6.19. The lowest BCUT2D eigenvalue weighted by Crippen LogP contribution is -2.06. The summed E-state index contributed by atoms with van der Waals surface area (Å²) in [6, 6.07) is 23.6. The monoisotopic (exact) mass is 299 g/mol. The lowest BCUT2D eigenvalue weighted by Gasteiger charge is -2.13. The summed E-state index contributed by atoms with van der Waals surface area (Å²) in [5.74, 6) is 0.996. The maximum atomic E-state index is 6.01. The highest BCUT2D eigenvalue weighted by Crippen LogP contribution is 2.42. The number of aryl methyl sites for hydroxylation is 1. The number of hydrogen-bond acceptors (Lipinski definition) is 1. The van der Waals surface area contributed by atoms with Crippen LogP contribution in [0.25, 0.3) is 22.3 Å². The first-order chi connectivity index (χ1) is 11.2. The number of hydrogen-bond donors (Lipinski definition) is 0. The van der Waals surface area contributed by atoms with Crippen LogP contribution in [-0.4, -0.2) is 6.10 Å². The highest BCUT2D eigenvalue weighted by atomic mass is 16.5. The van der Waals surface area contributed by atoms with E-state index in [2.05, 4.69) is 74.5 Å². The molecule has 0 bridgehead atoms. The van der Waals surface area contributed by atoms with E-state index in [0.29, 0.717) is 0 Å². The molecule has 0 aliphatic carbocycles. The molecule has 0 saturated carbocycles. The molecule has 0 aromatic heterocycles. The molecular formula is C22H19O. The molecule has 1 aliphatic rings. The number of benzene rings is 3. The van der Waals surface area contributed by atoms with Gasteiger partial charge in [-0.05, 0) is 48.2 Å². The lowest BCUT2D eigenvalue weighted by molar-refractivity contribution is 0.282. The fourth-order valence-corrected chi connectivity index (χ4v) is 3.26. The van der Waals surface area contributed by atoms with E-state index in [9.17, 15) is 0 Å². The van der Waals surface area contributed by atoms with Gasteiger partial charge in [0.05, 0.1) is 0 Å². The molecule has 23 heavy (non-hydrogen) atoms.